The Morgan fingerprint density at radius 1 is 1.04 bits per heavy atom. The van der Waals surface area contributed by atoms with Gasteiger partial charge in [0.25, 0.3) is 0 Å². The maximum absolute atomic E-state index is 11.8. The Kier molecular flexibility index (Phi) is 6.06. The van der Waals surface area contributed by atoms with Gasteiger partial charge >= 0.3 is 5.97 Å². The van der Waals surface area contributed by atoms with Crippen LogP contribution >= 0.6 is 0 Å². The number of hydrogen-bond donors (Lipinski definition) is 2. The van der Waals surface area contributed by atoms with Crippen LogP contribution in [0.3, 0.4) is 0 Å². The van der Waals surface area contributed by atoms with E-state index in [1.807, 2.05) is 43.3 Å². The smallest absolute Gasteiger partial charge is 0.341 e. The van der Waals surface area contributed by atoms with Gasteiger partial charge in [0.05, 0.1) is 19.9 Å². The Hall–Kier alpha value is -3.61. The first-order valence-electron chi connectivity index (χ1n) is 8.86. The molecule has 0 saturated carbocycles. The average Bonchev–Trinajstić information content (AvgIpc) is 2.73. The van der Waals surface area contributed by atoms with Crippen LogP contribution in [0.1, 0.15) is 17.3 Å². The van der Waals surface area contributed by atoms with E-state index >= 15 is 0 Å². The molecule has 3 rings (SSSR count). The Morgan fingerprint density at radius 3 is 2.50 bits per heavy atom. The van der Waals surface area contributed by atoms with Crippen molar-refractivity contribution in [1.82, 2.24) is 9.97 Å². The van der Waals surface area contributed by atoms with Crippen LogP contribution in [0.4, 0.5) is 17.5 Å². The highest BCUT2D eigenvalue weighted by Gasteiger charge is 2.14. The largest absolute Gasteiger partial charge is 0.496 e. The summed E-state index contributed by atoms with van der Waals surface area (Å²) in [7, 11) is 2.84. The van der Waals surface area contributed by atoms with E-state index in [0.29, 0.717) is 29.6 Å². The van der Waals surface area contributed by atoms with E-state index in [0.717, 1.165) is 16.9 Å². The van der Waals surface area contributed by atoms with Gasteiger partial charge in [-0.25, -0.2) is 9.78 Å². The van der Waals surface area contributed by atoms with Gasteiger partial charge in [-0.2, -0.15) is 4.98 Å². The van der Waals surface area contributed by atoms with Crippen LogP contribution < -0.4 is 15.4 Å². The Labute approximate surface area is 163 Å². The minimum Gasteiger partial charge on any atom is -0.496 e. The van der Waals surface area contributed by atoms with Crippen LogP contribution in [-0.2, 0) is 4.74 Å². The summed E-state index contributed by atoms with van der Waals surface area (Å²) < 4.78 is 10.1. The average molecular weight is 378 g/mol. The van der Waals surface area contributed by atoms with Crippen molar-refractivity contribution in [1.29, 1.82) is 0 Å². The van der Waals surface area contributed by atoms with Gasteiger partial charge in [-0.3, -0.25) is 0 Å². The van der Waals surface area contributed by atoms with Crippen molar-refractivity contribution in [2.45, 2.75) is 6.92 Å². The highest BCUT2D eigenvalue weighted by molar-refractivity contribution is 5.93. The van der Waals surface area contributed by atoms with Gasteiger partial charge in [0.15, 0.2) is 0 Å². The van der Waals surface area contributed by atoms with E-state index in [-0.39, 0.29) is 0 Å². The number of hydrogen-bond acceptors (Lipinski definition) is 7. The van der Waals surface area contributed by atoms with E-state index in [9.17, 15) is 4.79 Å². The molecule has 3 aromatic rings. The summed E-state index contributed by atoms with van der Waals surface area (Å²) in [5, 5.41) is 6.40. The number of ether oxygens (including phenoxy) is 2. The van der Waals surface area contributed by atoms with Crippen LogP contribution in [0, 0.1) is 0 Å². The number of carbonyl (C=O) groups is 1. The molecular weight excluding hydrogens is 356 g/mol. The molecule has 0 aliphatic heterocycles. The number of carbonyl (C=O) groups excluding carboxylic acids is 1. The summed E-state index contributed by atoms with van der Waals surface area (Å²) in [4.78, 5) is 20.9. The topological polar surface area (TPSA) is 85.4 Å². The van der Waals surface area contributed by atoms with Crippen LogP contribution in [-0.4, -0.2) is 36.7 Å². The normalized spacial score (nSPS) is 10.2. The van der Waals surface area contributed by atoms with Crippen molar-refractivity contribution in [3.8, 4) is 17.0 Å². The van der Waals surface area contributed by atoms with Crippen molar-refractivity contribution in [3.63, 3.8) is 0 Å². The summed E-state index contributed by atoms with van der Waals surface area (Å²) in [5.74, 6) is 1.12. The predicted octanol–water partition coefficient (Wildman–Crippen LogP) is 4.11. The number of rotatable bonds is 7. The van der Waals surface area contributed by atoms with Gasteiger partial charge in [-0.05, 0) is 19.1 Å². The van der Waals surface area contributed by atoms with Crippen LogP contribution in [0.15, 0.2) is 54.6 Å². The minimum atomic E-state index is -0.453. The molecule has 0 amide bonds. The Bertz CT molecular complexity index is 961. The number of aromatic nitrogens is 2. The molecule has 0 spiro atoms. The summed E-state index contributed by atoms with van der Waals surface area (Å²) in [6.45, 7) is 2.70. The number of nitrogens with one attached hydrogen (secondary N) is 2. The predicted molar refractivity (Wildman–Crippen MR) is 109 cm³/mol. The maximum atomic E-state index is 11.8. The van der Waals surface area contributed by atoms with Gasteiger partial charge in [0.2, 0.25) is 5.95 Å². The lowest BCUT2D eigenvalue weighted by Gasteiger charge is -2.13. The summed E-state index contributed by atoms with van der Waals surface area (Å²) in [6.07, 6.45) is 0. The molecule has 0 aliphatic carbocycles. The van der Waals surface area contributed by atoms with Crippen LogP contribution in [0.2, 0.25) is 0 Å². The zero-order valence-electron chi connectivity index (χ0n) is 16.0. The highest BCUT2D eigenvalue weighted by atomic mass is 16.5. The molecule has 2 N–H and O–H groups in total. The first kappa shape index (κ1) is 19.2. The SMILES string of the molecule is CCNc1nc(Nc2ccc(C(=O)OC)c(OC)c2)cc(-c2ccccc2)n1. The first-order valence-corrected chi connectivity index (χ1v) is 8.86. The fourth-order valence-electron chi connectivity index (χ4n) is 2.70. The minimum absolute atomic E-state index is 0.358. The summed E-state index contributed by atoms with van der Waals surface area (Å²) in [5.41, 5.74) is 2.87. The molecule has 2 aromatic carbocycles. The zero-order chi connectivity index (χ0) is 19.9. The molecule has 0 fully saturated rings. The van der Waals surface area contributed by atoms with Crippen molar-refractivity contribution in [2.75, 3.05) is 31.4 Å². The van der Waals surface area contributed by atoms with E-state index < -0.39 is 5.97 Å². The molecule has 0 aliphatic rings. The maximum Gasteiger partial charge on any atom is 0.341 e. The lowest BCUT2D eigenvalue weighted by Crippen LogP contribution is -2.06. The van der Waals surface area contributed by atoms with Gasteiger partial charge in [-0.15, -0.1) is 0 Å². The molecule has 28 heavy (non-hydrogen) atoms. The zero-order valence-corrected chi connectivity index (χ0v) is 16.0. The number of benzene rings is 2. The second-order valence-corrected chi connectivity index (χ2v) is 5.89. The first-order chi connectivity index (χ1) is 13.6. The number of methoxy groups -OCH3 is 2. The molecule has 1 heterocycles. The fourth-order valence-corrected chi connectivity index (χ4v) is 2.70. The van der Waals surface area contributed by atoms with Gasteiger partial charge < -0.3 is 20.1 Å². The second-order valence-electron chi connectivity index (χ2n) is 5.89. The second kappa shape index (κ2) is 8.85. The molecular formula is C21H22N4O3. The Balaban J connectivity index is 1.95. The number of nitrogens with zero attached hydrogens (tertiary/aromatic N) is 2. The molecule has 0 radical (unpaired) electrons. The van der Waals surface area contributed by atoms with Crippen LogP contribution in [0.25, 0.3) is 11.3 Å². The molecule has 7 heteroatoms. The number of anilines is 3. The Morgan fingerprint density at radius 2 is 1.82 bits per heavy atom. The van der Waals surface area contributed by atoms with Crippen molar-refractivity contribution in [3.05, 3.63) is 60.2 Å². The highest BCUT2D eigenvalue weighted by Crippen LogP contribution is 2.27. The molecule has 0 bridgehead atoms. The van der Waals surface area contributed by atoms with E-state index in [4.69, 9.17) is 9.47 Å². The van der Waals surface area contributed by atoms with Crippen molar-refractivity contribution < 1.29 is 14.3 Å². The summed E-state index contributed by atoms with van der Waals surface area (Å²) in [6, 6.07) is 16.9. The third-order valence-corrected chi connectivity index (χ3v) is 4.01. The van der Waals surface area contributed by atoms with E-state index in [1.165, 1.54) is 14.2 Å². The van der Waals surface area contributed by atoms with Gasteiger partial charge in [0.1, 0.15) is 17.1 Å². The standard InChI is InChI=1S/C21H22N4O3/c1-4-22-21-24-17(14-8-6-5-7-9-14)13-19(25-21)23-15-10-11-16(20(26)28-3)18(12-15)27-2/h5-13H,4H2,1-3H3,(H2,22,23,24,25). The third-order valence-electron chi connectivity index (χ3n) is 4.01. The molecule has 0 saturated heterocycles. The lowest BCUT2D eigenvalue weighted by atomic mass is 10.1. The molecule has 0 unspecified atom stereocenters. The van der Waals surface area contributed by atoms with Gasteiger partial charge in [0, 0.05) is 29.9 Å². The monoisotopic (exact) mass is 378 g/mol. The van der Waals surface area contributed by atoms with Gasteiger partial charge in [-0.1, -0.05) is 30.3 Å². The third kappa shape index (κ3) is 4.37. The molecule has 0 atom stereocenters. The fraction of sp³-hybridized carbons (Fsp3) is 0.190. The van der Waals surface area contributed by atoms with Crippen molar-refractivity contribution >= 4 is 23.4 Å². The van der Waals surface area contributed by atoms with Crippen LogP contribution in [0.5, 0.6) is 5.75 Å². The quantitative estimate of drug-likeness (QED) is 0.598. The molecule has 1 aromatic heterocycles. The lowest BCUT2D eigenvalue weighted by molar-refractivity contribution is 0.0597. The summed E-state index contributed by atoms with van der Waals surface area (Å²) >= 11 is 0. The molecule has 144 valence electrons. The van der Waals surface area contributed by atoms with E-state index in [2.05, 4.69) is 20.6 Å². The van der Waals surface area contributed by atoms with Crippen molar-refractivity contribution in [2.24, 2.45) is 0 Å². The van der Waals surface area contributed by atoms with E-state index in [1.54, 1.807) is 18.2 Å². The number of esters is 1. The molecule has 7 nitrogen and oxygen atoms in total.